The Morgan fingerprint density at radius 3 is 2.76 bits per heavy atom. The Morgan fingerprint density at radius 1 is 1.18 bits per heavy atom. The lowest BCUT2D eigenvalue weighted by molar-refractivity contribution is -0.124. The highest BCUT2D eigenvalue weighted by Crippen LogP contribution is 2.33. The molecule has 0 radical (unpaired) electrons. The van der Waals surface area contributed by atoms with Crippen LogP contribution in [-0.2, 0) is 11.3 Å². The van der Waals surface area contributed by atoms with E-state index in [0.717, 1.165) is 25.9 Å². The van der Waals surface area contributed by atoms with Crippen molar-refractivity contribution in [2.75, 3.05) is 6.54 Å². The Hall–Kier alpha value is -1.15. The minimum Gasteiger partial charge on any atom is -0.312 e. The van der Waals surface area contributed by atoms with Crippen LogP contribution >= 0.6 is 0 Å². The van der Waals surface area contributed by atoms with Gasteiger partial charge < -0.3 is 5.32 Å². The lowest BCUT2D eigenvalue weighted by Gasteiger charge is -2.27. The van der Waals surface area contributed by atoms with E-state index in [4.69, 9.17) is 0 Å². The average molecular weight is 229 g/mol. The van der Waals surface area contributed by atoms with E-state index in [9.17, 15) is 4.79 Å². The van der Waals surface area contributed by atoms with Crippen LogP contribution in [0.1, 0.15) is 42.7 Å². The molecule has 1 heterocycles. The van der Waals surface area contributed by atoms with Crippen LogP contribution in [0.5, 0.6) is 0 Å². The van der Waals surface area contributed by atoms with Gasteiger partial charge in [-0.25, -0.2) is 0 Å². The van der Waals surface area contributed by atoms with E-state index >= 15 is 0 Å². The van der Waals surface area contributed by atoms with Crippen LogP contribution < -0.4 is 5.32 Å². The first kappa shape index (κ1) is 11.0. The molecule has 0 saturated heterocycles. The highest BCUT2D eigenvalue weighted by atomic mass is 16.1. The fourth-order valence-electron chi connectivity index (χ4n) is 3.24. The van der Waals surface area contributed by atoms with Gasteiger partial charge in [-0.05, 0) is 24.0 Å². The number of carbonyl (C=O) groups excluding carboxylic acids is 1. The lowest BCUT2D eigenvalue weighted by Crippen LogP contribution is -2.34. The van der Waals surface area contributed by atoms with Crippen molar-refractivity contribution in [2.24, 2.45) is 5.92 Å². The Morgan fingerprint density at radius 2 is 1.94 bits per heavy atom. The normalized spacial score (nSPS) is 24.6. The molecule has 1 aromatic carbocycles. The third-order valence-corrected chi connectivity index (χ3v) is 4.20. The number of fused-ring (bicyclic) bond motifs is 1. The third kappa shape index (κ3) is 2.02. The van der Waals surface area contributed by atoms with Crippen molar-refractivity contribution >= 4 is 5.78 Å². The first-order valence-electron chi connectivity index (χ1n) is 6.68. The van der Waals surface area contributed by atoms with E-state index in [1.54, 1.807) is 0 Å². The SMILES string of the molecule is O=C(C1CCCC1)C1CNCc2ccccc21. The van der Waals surface area contributed by atoms with Crippen LogP contribution in [0.15, 0.2) is 24.3 Å². The molecule has 1 N–H and O–H groups in total. The van der Waals surface area contributed by atoms with Crippen LogP contribution in [0.2, 0.25) is 0 Å². The first-order chi connectivity index (χ1) is 8.36. The fraction of sp³-hybridized carbons (Fsp3) is 0.533. The maximum atomic E-state index is 12.5. The van der Waals surface area contributed by atoms with Gasteiger partial charge in [0.15, 0.2) is 0 Å². The lowest BCUT2D eigenvalue weighted by atomic mass is 9.82. The van der Waals surface area contributed by atoms with Crippen molar-refractivity contribution in [1.29, 1.82) is 0 Å². The highest BCUT2D eigenvalue weighted by molar-refractivity contribution is 5.89. The molecular formula is C15H19NO. The molecule has 2 nitrogen and oxygen atoms in total. The predicted octanol–water partition coefficient (Wildman–Crippen LogP) is 2.63. The molecule has 2 aliphatic rings. The minimum absolute atomic E-state index is 0.100. The molecule has 0 bridgehead atoms. The Bertz CT molecular complexity index is 421. The molecule has 3 rings (SSSR count). The number of hydrogen-bond acceptors (Lipinski definition) is 2. The molecule has 1 aliphatic carbocycles. The third-order valence-electron chi connectivity index (χ3n) is 4.20. The van der Waals surface area contributed by atoms with E-state index in [2.05, 4.69) is 29.6 Å². The van der Waals surface area contributed by atoms with Crippen LogP contribution in [0, 0.1) is 5.92 Å². The molecule has 1 aromatic rings. The second kappa shape index (κ2) is 4.61. The molecule has 1 saturated carbocycles. The smallest absolute Gasteiger partial charge is 0.144 e. The Labute approximate surface area is 102 Å². The van der Waals surface area contributed by atoms with Gasteiger partial charge in [0.2, 0.25) is 0 Å². The summed E-state index contributed by atoms with van der Waals surface area (Å²) >= 11 is 0. The summed E-state index contributed by atoms with van der Waals surface area (Å²) in [6, 6.07) is 8.38. The van der Waals surface area contributed by atoms with Gasteiger partial charge in [0, 0.05) is 19.0 Å². The zero-order chi connectivity index (χ0) is 11.7. The number of benzene rings is 1. The van der Waals surface area contributed by atoms with E-state index in [0.29, 0.717) is 11.7 Å². The van der Waals surface area contributed by atoms with E-state index in [-0.39, 0.29) is 5.92 Å². The number of Topliss-reactive ketones (excluding diaryl/α,β-unsaturated/α-hetero) is 1. The molecule has 0 spiro atoms. The summed E-state index contributed by atoms with van der Waals surface area (Å²) in [5.41, 5.74) is 2.57. The molecule has 90 valence electrons. The number of carbonyl (C=O) groups is 1. The van der Waals surface area contributed by atoms with Gasteiger partial charge >= 0.3 is 0 Å². The summed E-state index contributed by atoms with van der Waals surface area (Å²) in [5, 5.41) is 3.37. The number of hydrogen-bond donors (Lipinski definition) is 1. The van der Waals surface area contributed by atoms with Crippen LogP contribution in [-0.4, -0.2) is 12.3 Å². The number of nitrogens with one attached hydrogen (secondary N) is 1. The number of ketones is 1. The summed E-state index contributed by atoms with van der Waals surface area (Å²) in [6.45, 7) is 1.73. The topological polar surface area (TPSA) is 29.1 Å². The van der Waals surface area contributed by atoms with Crippen molar-refractivity contribution < 1.29 is 4.79 Å². The van der Waals surface area contributed by atoms with Gasteiger partial charge in [0.05, 0.1) is 5.92 Å². The van der Waals surface area contributed by atoms with Gasteiger partial charge in [0.1, 0.15) is 5.78 Å². The van der Waals surface area contributed by atoms with Crippen LogP contribution in [0.4, 0.5) is 0 Å². The minimum atomic E-state index is 0.100. The molecule has 2 heteroatoms. The largest absolute Gasteiger partial charge is 0.312 e. The molecule has 1 unspecified atom stereocenters. The van der Waals surface area contributed by atoms with Gasteiger partial charge in [-0.15, -0.1) is 0 Å². The van der Waals surface area contributed by atoms with E-state index < -0.39 is 0 Å². The molecule has 0 aromatic heterocycles. The van der Waals surface area contributed by atoms with Gasteiger partial charge in [-0.2, -0.15) is 0 Å². The average Bonchev–Trinajstić information content (AvgIpc) is 2.91. The Kier molecular flexibility index (Phi) is 2.98. The van der Waals surface area contributed by atoms with Crippen LogP contribution in [0.25, 0.3) is 0 Å². The molecular weight excluding hydrogens is 210 g/mol. The van der Waals surface area contributed by atoms with Gasteiger partial charge in [-0.1, -0.05) is 37.1 Å². The standard InChI is InChI=1S/C15H19NO/c17-15(11-5-1-2-6-11)14-10-16-9-12-7-3-4-8-13(12)14/h3-4,7-8,11,14,16H,1-2,5-6,9-10H2. The quantitative estimate of drug-likeness (QED) is 0.844. The summed E-state index contributed by atoms with van der Waals surface area (Å²) < 4.78 is 0. The van der Waals surface area contributed by atoms with Crippen molar-refractivity contribution in [1.82, 2.24) is 5.32 Å². The fourth-order valence-corrected chi connectivity index (χ4v) is 3.24. The number of rotatable bonds is 2. The molecule has 17 heavy (non-hydrogen) atoms. The van der Waals surface area contributed by atoms with E-state index in [1.807, 2.05) is 0 Å². The van der Waals surface area contributed by atoms with Crippen molar-refractivity contribution in [3.63, 3.8) is 0 Å². The monoisotopic (exact) mass is 229 g/mol. The molecule has 1 fully saturated rings. The molecule has 1 aliphatic heterocycles. The van der Waals surface area contributed by atoms with Crippen molar-refractivity contribution in [2.45, 2.75) is 38.1 Å². The molecule has 0 amide bonds. The van der Waals surface area contributed by atoms with Gasteiger partial charge in [-0.3, -0.25) is 4.79 Å². The van der Waals surface area contributed by atoms with E-state index in [1.165, 1.54) is 24.0 Å². The summed E-state index contributed by atoms with van der Waals surface area (Å²) in [4.78, 5) is 12.5. The zero-order valence-corrected chi connectivity index (χ0v) is 10.1. The maximum absolute atomic E-state index is 12.5. The first-order valence-corrected chi connectivity index (χ1v) is 6.68. The zero-order valence-electron chi connectivity index (χ0n) is 10.1. The summed E-state index contributed by atoms with van der Waals surface area (Å²) in [6.07, 6.45) is 4.69. The maximum Gasteiger partial charge on any atom is 0.144 e. The summed E-state index contributed by atoms with van der Waals surface area (Å²) in [5.74, 6) is 0.901. The second-order valence-electron chi connectivity index (χ2n) is 5.27. The van der Waals surface area contributed by atoms with Crippen LogP contribution in [0.3, 0.4) is 0 Å². The van der Waals surface area contributed by atoms with Crippen molar-refractivity contribution in [3.05, 3.63) is 35.4 Å². The van der Waals surface area contributed by atoms with Crippen molar-refractivity contribution in [3.8, 4) is 0 Å². The highest BCUT2D eigenvalue weighted by Gasteiger charge is 2.32. The van der Waals surface area contributed by atoms with Gasteiger partial charge in [0.25, 0.3) is 0 Å². The predicted molar refractivity (Wildman–Crippen MR) is 67.9 cm³/mol. The second-order valence-corrected chi connectivity index (χ2v) is 5.27. The molecule has 1 atom stereocenters. The Balaban J connectivity index is 1.86. The summed E-state index contributed by atoms with van der Waals surface area (Å²) in [7, 11) is 0.